The Bertz CT molecular complexity index is 420. The molecule has 4 nitrogen and oxygen atoms in total. The Kier molecular flexibility index (Phi) is 4.50. The molecule has 0 heterocycles. The van der Waals surface area contributed by atoms with Crippen molar-refractivity contribution in [3.05, 3.63) is 23.1 Å². The highest BCUT2D eigenvalue weighted by atomic mass is 32.1. The number of rotatable bonds is 7. The first-order valence-electron chi connectivity index (χ1n) is 6.60. The topological polar surface area (TPSA) is 52.6 Å². The number of hydrogen-bond donors (Lipinski definition) is 3. The molecule has 0 aromatic carbocycles. The molecule has 2 aliphatic rings. The molecule has 3 atom stereocenters. The third-order valence-corrected chi connectivity index (χ3v) is 4.12. The van der Waals surface area contributed by atoms with Crippen LogP contribution < -0.4 is 5.32 Å². The van der Waals surface area contributed by atoms with Crippen molar-refractivity contribution in [2.24, 2.45) is 11.3 Å². The van der Waals surface area contributed by atoms with E-state index in [-0.39, 0.29) is 23.8 Å². The maximum absolute atomic E-state index is 12.3. The Hall–Kier alpha value is -0.620. The van der Waals surface area contributed by atoms with Gasteiger partial charge in [-0.2, -0.15) is 0 Å². The lowest BCUT2D eigenvalue weighted by Gasteiger charge is -2.21. The summed E-state index contributed by atoms with van der Waals surface area (Å²) in [5.74, 6) is 0.546. The van der Waals surface area contributed by atoms with Crippen LogP contribution in [0.3, 0.4) is 0 Å². The summed E-state index contributed by atoms with van der Waals surface area (Å²) in [6.45, 7) is 1.06. The standard InChI is InChI=1S/C14H22N2O2S/c1-16(2)8-11(9-17)15-7-13(18)14-5-10(14)3-4-12(19)6-14/h3-4,6,10-11,15,17,19H,5,7-9H2,1-2H3/t10-,11?,14?/m0/s1. The van der Waals surface area contributed by atoms with E-state index in [2.05, 4.69) is 24.0 Å². The average Bonchev–Trinajstić information content (AvgIpc) is 3.08. The minimum Gasteiger partial charge on any atom is -0.395 e. The Morgan fingerprint density at radius 1 is 1.68 bits per heavy atom. The van der Waals surface area contributed by atoms with Crippen LogP contribution in [0.5, 0.6) is 0 Å². The number of likely N-dealkylation sites (N-methyl/N-ethyl adjacent to an activating group) is 1. The van der Waals surface area contributed by atoms with E-state index in [9.17, 15) is 9.90 Å². The van der Waals surface area contributed by atoms with E-state index < -0.39 is 0 Å². The summed E-state index contributed by atoms with van der Waals surface area (Å²) in [7, 11) is 3.90. The lowest BCUT2D eigenvalue weighted by Crippen LogP contribution is -2.44. The van der Waals surface area contributed by atoms with Crippen LogP contribution >= 0.6 is 12.6 Å². The molecule has 106 valence electrons. The number of carbonyl (C=O) groups excluding carboxylic acids is 1. The molecule has 0 spiro atoms. The molecule has 2 aliphatic carbocycles. The molecule has 0 amide bonds. The molecule has 19 heavy (non-hydrogen) atoms. The van der Waals surface area contributed by atoms with Crippen LogP contribution in [0.2, 0.25) is 0 Å². The van der Waals surface area contributed by atoms with Crippen LogP contribution in [-0.2, 0) is 4.79 Å². The van der Waals surface area contributed by atoms with E-state index in [0.29, 0.717) is 19.0 Å². The molecule has 1 fully saturated rings. The Balaban J connectivity index is 1.87. The summed E-state index contributed by atoms with van der Waals surface area (Å²) in [6, 6.07) is -0.0638. The van der Waals surface area contributed by atoms with Gasteiger partial charge in [0.15, 0.2) is 5.78 Å². The number of fused-ring (bicyclic) bond motifs is 1. The van der Waals surface area contributed by atoms with Gasteiger partial charge in [0.05, 0.1) is 18.6 Å². The Morgan fingerprint density at radius 3 is 3.05 bits per heavy atom. The van der Waals surface area contributed by atoms with Crippen LogP contribution in [0.1, 0.15) is 6.42 Å². The van der Waals surface area contributed by atoms with Crippen LogP contribution in [-0.4, -0.2) is 55.6 Å². The van der Waals surface area contributed by atoms with Gasteiger partial charge in [0.1, 0.15) is 0 Å². The fraction of sp³-hybridized carbons (Fsp3) is 0.643. The zero-order chi connectivity index (χ0) is 14.0. The minimum absolute atomic E-state index is 0.0372. The van der Waals surface area contributed by atoms with E-state index >= 15 is 0 Å². The molecule has 5 heteroatoms. The van der Waals surface area contributed by atoms with Crippen molar-refractivity contribution in [3.8, 4) is 0 Å². The second kappa shape index (κ2) is 5.79. The van der Waals surface area contributed by atoms with Gasteiger partial charge in [-0.15, -0.1) is 12.6 Å². The number of hydrogen-bond acceptors (Lipinski definition) is 5. The highest BCUT2D eigenvalue weighted by Gasteiger charge is 2.57. The van der Waals surface area contributed by atoms with Gasteiger partial charge in [-0.05, 0) is 26.4 Å². The van der Waals surface area contributed by atoms with E-state index in [1.807, 2.05) is 31.1 Å². The number of thiol groups is 1. The van der Waals surface area contributed by atoms with Gasteiger partial charge < -0.3 is 15.3 Å². The van der Waals surface area contributed by atoms with Gasteiger partial charge >= 0.3 is 0 Å². The number of ketones is 1. The Morgan fingerprint density at radius 2 is 2.42 bits per heavy atom. The van der Waals surface area contributed by atoms with Crippen LogP contribution in [0, 0.1) is 11.3 Å². The molecule has 0 saturated heterocycles. The molecule has 1 saturated carbocycles. The summed E-state index contributed by atoms with van der Waals surface area (Å²) in [4.78, 5) is 15.2. The summed E-state index contributed by atoms with van der Waals surface area (Å²) < 4.78 is 0. The largest absolute Gasteiger partial charge is 0.395 e. The maximum atomic E-state index is 12.3. The predicted molar refractivity (Wildman–Crippen MR) is 79.2 cm³/mol. The van der Waals surface area contributed by atoms with Crippen molar-refractivity contribution in [1.29, 1.82) is 0 Å². The first-order valence-corrected chi connectivity index (χ1v) is 7.05. The normalized spacial score (nSPS) is 29.9. The fourth-order valence-corrected chi connectivity index (χ4v) is 2.98. The van der Waals surface area contributed by atoms with Gasteiger partial charge in [0.2, 0.25) is 0 Å². The lowest BCUT2D eigenvalue weighted by molar-refractivity contribution is -0.122. The monoisotopic (exact) mass is 282 g/mol. The highest BCUT2D eigenvalue weighted by molar-refractivity contribution is 7.84. The zero-order valence-corrected chi connectivity index (χ0v) is 12.4. The smallest absolute Gasteiger partial charge is 0.157 e. The van der Waals surface area contributed by atoms with E-state index in [1.165, 1.54) is 0 Å². The number of carbonyl (C=O) groups is 1. The molecule has 0 bridgehead atoms. The van der Waals surface area contributed by atoms with Gasteiger partial charge in [-0.3, -0.25) is 4.79 Å². The van der Waals surface area contributed by atoms with E-state index in [4.69, 9.17) is 0 Å². The van der Waals surface area contributed by atoms with Gasteiger partial charge in [-0.25, -0.2) is 0 Å². The number of nitrogens with zero attached hydrogens (tertiary/aromatic N) is 1. The molecular formula is C14H22N2O2S. The quantitative estimate of drug-likeness (QED) is 0.594. The van der Waals surface area contributed by atoms with Crippen molar-refractivity contribution in [3.63, 3.8) is 0 Å². The molecule has 2 unspecified atom stereocenters. The fourth-order valence-electron chi connectivity index (χ4n) is 2.67. The minimum atomic E-state index is -0.322. The third-order valence-electron chi connectivity index (χ3n) is 3.84. The molecule has 2 rings (SSSR count). The summed E-state index contributed by atoms with van der Waals surface area (Å²) in [6.07, 6.45) is 6.90. The molecule has 0 radical (unpaired) electrons. The number of allylic oxidation sites excluding steroid dienone is 3. The van der Waals surface area contributed by atoms with Gasteiger partial charge in [0, 0.05) is 17.5 Å². The van der Waals surface area contributed by atoms with Crippen molar-refractivity contribution >= 4 is 18.4 Å². The third kappa shape index (κ3) is 3.28. The van der Waals surface area contributed by atoms with E-state index in [1.54, 1.807) is 0 Å². The number of Topliss-reactive ketones (excluding diaryl/α,β-unsaturated/α-hetero) is 1. The first kappa shape index (κ1) is 14.8. The van der Waals surface area contributed by atoms with Crippen molar-refractivity contribution < 1.29 is 9.90 Å². The number of aliphatic hydroxyl groups excluding tert-OH is 1. The van der Waals surface area contributed by atoms with Crippen LogP contribution in [0.25, 0.3) is 0 Å². The average molecular weight is 282 g/mol. The second-order valence-corrected chi connectivity index (χ2v) is 6.24. The Labute approximate surface area is 120 Å². The molecule has 2 N–H and O–H groups in total. The van der Waals surface area contributed by atoms with Gasteiger partial charge in [0.25, 0.3) is 0 Å². The van der Waals surface area contributed by atoms with Gasteiger partial charge in [-0.1, -0.05) is 18.2 Å². The summed E-state index contributed by atoms with van der Waals surface area (Å²) in [5, 5.41) is 12.4. The number of aliphatic hydroxyl groups is 1. The zero-order valence-electron chi connectivity index (χ0n) is 11.5. The maximum Gasteiger partial charge on any atom is 0.157 e. The molecule has 0 aliphatic heterocycles. The van der Waals surface area contributed by atoms with Crippen molar-refractivity contribution in [2.75, 3.05) is 33.8 Å². The molecular weight excluding hydrogens is 260 g/mol. The highest BCUT2D eigenvalue weighted by Crippen LogP contribution is 2.58. The summed E-state index contributed by atoms with van der Waals surface area (Å²) >= 11 is 4.32. The number of nitrogens with one attached hydrogen (secondary N) is 1. The summed E-state index contributed by atoms with van der Waals surface area (Å²) in [5.41, 5.74) is -0.322. The van der Waals surface area contributed by atoms with Crippen molar-refractivity contribution in [2.45, 2.75) is 12.5 Å². The van der Waals surface area contributed by atoms with Crippen molar-refractivity contribution in [1.82, 2.24) is 10.2 Å². The van der Waals surface area contributed by atoms with E-state index in [0.717, 1.165) is 11.3 Å². The first-order chi connectivity index (χ1) is 8.98. The second-order valence-electron chi connectivity index (χ2n) is 5.73. The SMILES string of the molecule is CN(C)CC(CO)NCC(=O)C12C=C(S)C=C[C@H]1C2. The van der Waals surface area contributed by atoms with Crippen LogP contribution in [0.15, 0.2) is 23.1 Å². The predicted octanol–water partition coefficient (Wildman–Crippen LogP) is 0.457. The lowest BCUT2D eigenvalue weighted by atomic mass is 9.94. The van der Waals surface area contributed by atoms with Crippen LogP contribution in [0.4, 0.5) is 0 Å². The molecule has 0 aromatic heterocycles. The molecule has 0 aromatic rings.